The smallest absolute Gasteiger partial charge is 0.216 e. The third-order valence-corrected chi connectivity index (χ3v) is 3.48. The van der Waals surface area contributed by atoms with Crippen LogP contribution in [-0.4, -0.2) is 16.8 Å². The van der Waals surface area contributed by atoms with Gasteiger partial charge < -0.3 is 4.74 Å². The number of allylic oxidation sites excluding steroid dienone is 1. The van der Waals surface area contributed by atoms with E-state index in [-0.39, 0.29) is 5.12 Å². The lowest BCUT2D eigenvalue weighted by Crippen LogP contribution is -2.02. The van der Waals surface area contributed by atoms with Gasteiger partial charge in [0.1, 0.15) is 0 Å². The summed E-state index contributed by atoms with van der Waals surface area (Å²) in [7, 11) is 0. The highest BCUT2D eigenvalue weighted by atomic mass is 32.1. The lowest BCUT2D eigenvalue weighted by Gasteiger charge is -2.05. The second-order valence-corrected chi connectivity index (χ2v) is 5.36. The summed E-state index contributed by atoms with van der Waals surface area (Å²) in [4.78, 5) is 10.5. The first kappa shape index (κ1) is 19.1. The molecule has 120 valence electrons. The molecule has 0 N–H and O–H groups in total. The van der Waals surface area contributed by atoms with E-state index in [1.54, 1.807) is 12.1 Å². The molecule has 0 fully saturated rings. The van der Waals surface area contributed by atoms with Gasteiger partial charge in [-0.25, -0.2) is 0 Å². The lowest BCUT2D eigenvalue weighted by atomic mass is 10.1. The summed E-state index contributed by atoms with van der Waals surface area (Å²) in [5.74, 6) is 0. The lowest BCUT2D eigenvalue weighted by molar-refractivity contribution is 0.109. The van der Waals surface area contributed by atoms with Gasteiger partial charge in [0.2, 0.25) is 5.12 Å². The average molecular weight is 345 g/mol. The molecular formula is C19H20O2S2. The third-order valence-electron chi connectivity index (χ3n) is 2.87. The quantitative estimate of drug-likeness (QED) is 0.475. The zero-order chi connectivity index (χ0) is 17.1. The first-order valence-corrected chi connectivity index (χ1v) is 8.09. The van der Waals surface area contributed by atoms with Gasteiger partial charge in [-0.1, -0.05) is 60.7 Å². The number of hydrogen-bond acceptors (Lipinski definition) is 3. The van der Waals surface area contributed by atoms with Gasteiger partial charge in [0, 0.05) is 11.1 Å². The Kier molecular flexibility index (Phi) is 8.95. The first-order valence-electron chi connectivity index (χ1n) is 7.23. The summed E-state index contributed by atoms with van der Waals surface area (Å²) in [6, 6.07) is 17.0. The SMILES string of the molecule is C=CCc1ccc(C(=S)OCC)cc1.O=C(S)c1ccccc1. The predicted molar refractivity (Wildman–Crippen MR) is 103 cm³/mol. The molecule has 0 aliphatic heterocycles. The number of thiocarbonyl (C=S) groups is 1. The van der Waals surface area contributed by atoms with Crippen LogP contribution < -0.4 is 0 Å². The van der Waals surface area contributed by atoms with Gasteiger partial charge in [-0.3, -0.25) is 4.79 Å². The Labute approximate surface area is 148 Å². The van der Waals surface area contributed by atoms with E-state index in [0.717, 1.165) is 12.0 Å². The van der Waals surface area contributed by atoms with Crippen molar-refractivity contribution in [2.75, 3.05) is 6.61 Å². The fraction of sp³-hybridized carbons (Fsp3) is 0.158. The van der Waals surface area contributed by atoms with E-state index in [9.17, 15) is 4.79 Å². The molecule has 0 saturated heterocycles. The molecular weight excluding hydrogens is 324 g/mol. The Bertz CT molecular complexity index is 634. The van der Waals surface area contributed by atoms with Gasteiger partial charge in [-0.2, -0.15) is 0 Å². The van der Waals surface area contributed by atoms with Crippen LogP contribution in [0.25, 0.3) is 0 Å². The first-order chi connectivity index (χ1) is 11.1. The monoisotopic (exact) mass is 344 g/mol. The van der Waals surface area contributed by atoms with E-state index in [1.165, 1.54) is 5.56 Å². The van der Waals surface area contributed by atoms with Crippen LogP contribution >= 0.6 is 24.8 Å². The number of ether oxygens (including phenoxy) is 1. The Morgan fingerprint density at radius 3 is 2.17 bits per heavy atom. The van der Waals surface area contributed by atoms with Crippen molar-refractivity contribution in [3.05, 3.63) is 83.9 Å². The van der Waals surface area contributed by atoms with Crippen molar-refractivity contribution in [1.29, 1.82) is 0 Å². The minimum Gasteiger partial charge on any atom is -0.483 e. The molecule has 2 aromatic carbocycles. The molecule has 0 bridgehead atoms. The number of carbonyl (C=O) groups excluding carboxylic acids is 1. The molecule has 4 heteroatoms. The van der Waals surface area contributed by atoms with Crippen molar-refractivity contribution in [2.24, 2.45) is 0 Å². The molecule has 0 aliphatic carbocycles. The van der Waals surface area contributed by atoms with E-state index >= 15 is 0 Å². The summed E-state index contributed by atoms with van der Waals surface area (Å²) in [5, 5.41) is 0.383. The van der Waals surface area contributed by atoms with Gasteiger partial charge in [0.25, 0.3) is 0 Å². The Balaban J connectivity index is 0.000000253. The van der Waals surface area contributed by atoms with Crippen molar-refractivity contribution < 1.29 is 9.53 Å². The zero-order valence-electron chi connectivity index (χ0n) is 13.1. The maximum Gasteiger partial charge on any atom is 0.216 e. The number of rotatable bonds is 5. The molecule has 0 saturated carbocycles. The molecule has 2 nitrogen and oxygen atoms in total. The highest BCUT2D eigenvalue weighted by Gasteiger charge is 2.00. The van der Waals surface area contributed by atoms with Crippen molar-refractivity contribution in [3.63, 3.8) is 0 Å². The predicted octanol–water partition coefficient (Wildman–Crippen LogP) is 4.88. The van der Waals surface area contributed by atoms with Crippen molar-refractivity contribution >= 4 is 35.0 Å². The molecule has 0 atom stereocenters. The summed E-state index contributed by atoms with van der Waals surface area (Å²) < 4.78 is 5.24. The van der Waals surface area contributed by atoms with Crippen LogP contribution in [0.4, 0.5) is 0 Å². The normalized spacial score (nSPS) is 9.30. The van der Waals surface area contributed by atoms with Crippen LogP contribution in [-0.2, 0) is 11.2 Å². The molecule has 2 aromatic rings. The molecule has 0 spiro atoms. The van der Waals surface area contributed by atoms with E-state index in [0.29, 0.717) is 17.2 Å². The van der Waals surface area contributed by atoms with Crippen LogP contribution in [0.3, 0.4) is 0 Å². The summed E-state index contributed by atoms with van der Waals surface area (Å²) in [5.41, 5.74) is 2.85. The van der Waals surface area contributed by atoms with E-state index < -0.39 is 0 Å². The number of hydrogen-bond donors (Lipinski definition) is 1. The number of thiol groups is 1. The molecule has 0 radical (unpaired) electrons. The second-order valence-electron chi connectivity index (χ2n) is 4.58. The van der Waals surface area contributed by atoms with Crippen molar-refractivity contribution in [1.82, 2.24) is 0 Å². The minimum absolute atomic E-state index is 0.185. The fourth-order valence-electron chi connectivity index (χ4n) is 1.74. The third kappa shape index (κ3) is 7.26. The van der Waals surface area contributed by atoms with Gasteiger partial charge in [-0.05, 0) is 31.1 Å². The fourth-order valence-corrected chi connectivity index (χ4v) is 2.14. The Morgan fingerprint density at radius 1 is 1.13 bits per heavy atom. The van der Waals surface area contributed by atoms with Crippen LogP contribution in [0.15, 0.2) is 67.3 Å². The zero-order valence-corrected chi connectivity index (χ0v) is 14.8. The topological polar surface area (TPSA) is 26.3 Å². The summed E-state index contributed by atoms with van der Waals surface area (Å²) in [6.07, 6.45) is 2.78. The maximum absolute atomic E-state index is 10.5. The van der Waals surface area contributed by atoms with E-state index in [2.05, 4.69) is 19.2 Å². The Hall–Kier alpha value is -1.91. The highest BCUT2D eigenvalue weighted by molar-refractivity contribution is 7.97. The average Bonchev–Trinajstić information content (AvgIpc) is 2.57. The second kappa shape index (κ2) is 10.8. The highest BCUT2D eigenvalue weighted by Crippen LogP contribution is 2.07. The molecule has 2 rings (SSSR count). The Morgan fingerprint density at radius 2 is 1.74 bits per heavy atom. The molecule has 0 unspecified atom stereocenters. The van der Waals surface area contributed by atoms with E-state index in [1.807, 2.05) is 55.5 Å². The summed E-state index contributed by atoms with van der Waals surface area (Å²) in [6.45, 7) is 6.24. The van der Waals surface area contributed by atoms with Gasteiger partial charge >= 0.3 is 0 Å². The minimum atomic E-state index is -0.185. The molecule has 0 heterocycles. The number of carbonyl (C=O) groups is 1. The van der Waals surface area contributed by atoms with E-state index in [4.69, 9.17) is 17.0 Å². The van der Waals surface area contributed by atoms with Gasteiger partial charge in [-0.15, -0.1) is 19.2 Å². The van der Waals surface area contributed by atoms with Gasteiger partial charge in [0.15, 0.2) is 5.05 Å². The maximum atomic E-state index is 10.5. The van der Waals surface area contributed by atoms with Crippen molar-refractivity contribution in [2.45, 2.75) is 13.3 Å². The van der Waals surface area contributed by atoms with Gasteiger partial charge in [0.05, 0.1) is 6.61 Å². The molecule has 23 heavy (non-hydrogen) atoms. The largest absolute Gasteiger partial charge is 0.483 e. The molecule has 0 amide bonds. The molecule has 0 aromatic heterocycles. The van der Waals surface area contributed by atoms with Crippen LogP contribution in [0.5, 0.6) is 0 Å². The summed E-state index contributed by atoms with van der Waals surface area (Å²) >= 11 is 8.73. The van der Waals surface area contributed by atoms with Crippen LogP contribution in [0.2, 0.25) is 0 Å². The molecule has 0 aliphatic rings. The number of benzene rings is 2. The van der Waals surface area contributed by atoms with Crippen molar-refractivity contribution in [3.8, 4) is 0 Å². The standard InChI is InChI=1S/C12H14OS.C7H6OS/c1-3-5-10-6-8-11(9-7-10)12(14)13-4-2;8-7(9)6-4-2-1-3-5-6/h3,6-9H,1,4-5H2,2H3;1-5H,(H,8,9). The van der Waals surface area contributed by atoms with Crippen LogP contribution in [0, 0.1) is 0 Å². The van der Waals surface area contributed by atoms with Crippen LogP contribution in [0.1, 0.15) is 28.4 Å².